The van der Waals surface area contributed by atoms with E-state index in [2.05, 4.69) is 36.4 Å². The van der Waals surface area contributed by atoms with Crippen molar-refractivity contribution in [3.8, 4) is 0 Å². The summed E-state index contributed by atoms with van der Waals surface area (Å²) >= 11 is 0. The molecule has 5 heteroatoms. The second-order valence-electron chi connectivity index (χ2n) is 4.78. The fourth-order valence-corrected chi connectivity index (χ4v) is 1.52. The van der Waals surface area contributed by atoms with Gasteiger partial charge in [0.05, 0.1) is 12.0 Å². The molecule has 2 N–H and O–H groups in total. The molecule has 1 heterocycles. The zero-order valence-electron chi connectivity index (χ0n) is 11.6. The van der Waals surface area contributed by atoms with E-state index in [-0.39, 0.29) is 5.91 Å². The van der Waals surface area contributed by atoms with Crippen LogP contribution in [0.2, 0.25) is 0 Å². The predicted molar refractivity (Wildman–Crippen MR) is 72.1 cm³/mol. The van der Waals surface area contributed by atoms with Crippen LogP contribution in [0, 0.1) is 0 Å². The molecule has 0 saturated carbocycles. The molecule has 0 fully saturated rings. The van der Waals surface area contributed by atoms with E-state index in [1.54, 1.807) is 6.33 Å². The minimum absolute atomic E-state index is 0.0456. The fourth-order valence-electron chi connectivity index (χ4n) is 1.52. The molecule has 5 nitrogen and oxygen atoms in total. The van der Waals surface area contributed by atoms with Gasteiger partial charge in [0.25, 0.3) is 0 Å². The lowest BCUT2D eigenvalue weighted by atomic mass is 10.3. The first-order valence-electron chi connectivity index (χ1n) is 6.62. The number of nitrogens with zero attached hydrogens (tertiary/aromatic N) is 2. The number of amides is 1. The summed E-state index contributed by atoms with van der Waals surface area (Å²) < 4.78 is 1.82. The first-order chi connectivity index (χ1) is 8.61. The highest BCUT2D eigenvalue weighted by Gasteiger charge is 2.04. The summed E-state index contributed by atoms with van der Waals surface area (Å²) in [5.41, 5.74) is 0.963. The largest absolute Gasteiger partial charge is 0.355 e. The molecule has 0 unspecified atom stereocenters. The average molecular weight is 252 g/mol. The van der Waals surface area contributed by atoms with Gasteiger partial charge in [-0.2, -0.15) is 0 Å². The quantitative estimate of drug-likeness (QED) is 0.686. The van der Waals surface area contributed by atoms with Crippen LogP contribution >= 0.6 is 0 Å². The summed E-state index contributed by atoms with van der Waals surface area (Å²) in [6.45, 7) is 8.14. The Labute approximate surface area is 109 Å². The Kier molecular flexibility index (Phi) is 6.43. The Hall–Kier alpha value is -1.36. The third-order valence-electron chi connectivity index (χ3n) is 2.56. The molecule has 0 aliphatic rings. The standard InChI is InChI=1S/C13H24N4O/c1-4-5-6-14-13(18)9-17-8-12(16-10-17)7-15-11(2)3/h8,10-11,15H,4-7,9H2,1-3H3,(H,14,18). The van der Waals surface area contributed by atoms with Gasteiger partial charge in [-0.3, -0.25) is 4.79 Å². The lowest BCUT2D eigenvalue weighted by molar-refractivity contribution is -0.121. The molecule has 0 aliphatic carbocycles. The minimum Gasteiger partial charge on any atom is -0.355 e. The molecule has 0 spiro atoms. The van der Waals surface area contributed by atoms with Crippen molar-refractivity contribution in [1.29, 1.82) is 0 Å². The summed E-state index contributed by atoms with van der Waals surface area (Å²) in [4.78, 5) is 15.8. The molecule has 1 aromatic rings. The predicted octanol–water partition coefficient (Wildman–Crippen LogP) is 1.30. The van der Waals surface area contributed by atoms with E-state index in [0.29, 0.717) is 12.6 Å². The second-order valence-corrected chi connectivity index (χ2v) is 4.78. The minimum atomic E-state index is 0.0456. The Balaban J connectivity index is 2.32. The van der Waals surface area contributed by atoms with Crippen LogP contribution in [0.5, 0.6) is 0 Å². The van der Waals surface area contributed by atoms with E-state index in [1.807, 2.05) is 10.8 Å². The number of imidazole rings is 1. The molecule has 102 valence electrons. The van der Waals surface area contributed by atoms with E-state index in [4.69, 9.17) is 0 Å². The van der Waals surface area contributed by atoms with Crippen LogP contribution in [0.4, 0.5) is 0 Å². The molecule has 1 amide bonds. The molecule has 0 radical (unpaired) electrons. The molecule has 18 heavy (non-hydrogen) atoms. The van der Waals surface area contributed by atoms with Gasteiger partial charge in [0.15, 0.2) is 0 Å². The number of hydrogen-bond donors (Lipinski definition) is 2. The second kappa shape index (κ2) is 7.87. The summed E-state index contributed by atoms with van der Waals surface area (Å²) in [5, 5.41) is 6.18. The van der Waals surface area contributed by atoms with E-state index < -0.39 is 0 Å². The smallest absolute Gasteiger partial charge is 0.239 e. The van der Waals surface area contributed by atoms with Gasteiger partial charge in [-0.15, -0.1) is 0 Å². The van der Waals surface area contributed by atoms with Crippen LogP contribution in [0.1, 0.15) is 39.3 Å². The lowest BCUT2D eigenvalue weighted by Crippen LogP contribution is -2.28. The van der Waals surface area contributed by atoms with Crippen molar-refractivity contribution in [3.63, 3.8) is 0 Å². The lowest BCUT2D eigenvalue weighted by Gasteiger charge is -2.05. The Bertz CT molecular complexity index is 360. The van der Waals surface area contributed by atoms with Gasteiger partial charge in [0.2, 0.25) is 5.91 Å². The van der Waals surface area contributed by atoms with Crippen molar-refractivity contribution in [3.05, 3.63) is 18.2 Å². The SMILES string of the molecule is CCCCNC(=O)Cn1cnc(CNC(C)C)c1. The molecular weight excluding hydrogens is 228 g/mol. The van der Waals surface area contributed by atoms with Crippen molar-refractivity contribution in [2.24, 2.45) is 0 Å². The van der Waals surface area contributed by atoms with E-state index in [9.17, 15) is 4.79 Å². The fraction of sp³-hybridized carbons (Fsp3) is 0.692. The topological polar surface area (TPSA) is 59.0 Å². The van der Waals surface area contributed by atoms with Gasteiger partial charge >= 0.3 is 0 Å². The number of unbranched alkanes of at least 4 members (excludes halogenated alkanes) is 1. The van der Waals surface area contributed by atoms with Crippen LogP contribution in [0.15, 0.2) is 12.5 Å². The van der Waals surface area contributed by atoms with Gasteiger partial charge in [-0.25, -0.2) is 4.98 Å². The van der Waals surface area contributed by atoms with Crippen molar-refractivity contribution >= 4 is 5.91 Å². The van der Waals surface area contributed by atoms with Gasteiger partial charge < -0.3 is 15.2 Å². The molecule has 1 aromatic heterocycles. The maximum absolute atomic E-state index is 11.6. The molecule has 0 atom stereocenters. The Morgan fingerprint density at radius 3 is 2.94 bits per heavy atom. The number of carbonyl (C=O) groups excluding carboxylic acids is 1. The third kappa shape index (κ3) is 5.82. The first-order valence-corrected chi connectivity index (χ1v) is 6.62. The van der Waals surface area contributed by atoms with Crippen molar-refractivity contribution in [1.82, 2.24) is 20.2 Å². The van der Waals surface area contributed by atoms with Crippen LogP contribution in [-0.4, -0.2) is 28.0 Å². The molecule has 0 bridgehead atoms. The molecular formula is C13H24N4O. The van der Waals surface area contributed by atoms with Crippen LogP contribution in [0.3, 0.4) is 0 Å². The van der Waals surface area contributed by atoms with Crippen LogP contribution < -0.4 is 10.6 Å². The highest BCUT2D eigenvalue weighted by Crippen LogP contribution is 1.97. The molecule has 0 saturated heterocycles. The maximum Gasteiger partial charge on any atom is 0.239 e. The van der Waals surface area contributed by atoms with Crippen molar-refractivity contribution in [2.45, 2.75) is 52.7 Å². The van der Waals surface area contributed by atoms with Gasteiger partial charge in [0.1, 0.15) is 6.54 Å². The molecule has 0 aliphatic heterocycles. The number of nitrogens with one attached hydrogen (secondary N) is 2. The van der Waals surface area contributed by atoms with Gasteiger partial charge in [-0.1, -0.05) is 27.2 Å². The average Bonchev–Trinajstić information content (AvgIpc) is 2.74. The zero-order chi connectivity index (χ0) is 13.4. The molecule has 0 aromatic carbocycles. The number of carbonyl (C=O) groups is 1. The monoisotopic (exact) mass is 252 g/mol. The van der Waals surface area contributed by atoms with E-state index in [0.717, 1.165) is 31.6 Å². The summed E-state index contributed by atoms with van der Waals surface area (Å²) in [7, 11) is 0. The summed E-state index contributed by atoms with van der Waals surface area (Å²) in [6.07, 6.45) is 5.74. The van der Waals surface area contributed by atoms with Gasteiger partial charge in [-0.05, 0) is 6.42 Å². The number of rotatable bonds is 8. The van der Waals surface area contributed by atoms with Crippen LogP contribution in [0.25, 0.3) is 0 Å². The van der Waals surface area contributed by atoms with Crippen molar-refractivity contribution < 1.29 is 4.79 Å². The van der Waals surface area contributed by atoms with E-state index >= 15 is 0 Å². The first kappa shape index (κ1) is 14.7. The molecule has 1 rings (SSSR count). The zero-order valence-corrected chi connectivity index (χ0v) is 11.6. The van der Waals surface area contributed by atoms with Crippen LogP contribution in [-0.2, 0) is 17.9 Å². The highest BCUT2D eigenvalue weighted by atomic mass is 16.1. The van der Waals surface area contributed by atoms with E-state index in [1.165, 1.54) is 0 Å². The maximum atomic E-state index is 11.6. The Morgan fingerprint density at radius 2 is 2.28 bits per heavy atom. The summed E-state index contributed by atoms with van der Waals surface area (Å²) in [6, 6.07) is 0.437. The Morgan fingerprint density at radius 1 is 1.50 bits per heavy atom. The summed E-state index contributed by atoms with van der Waals surface area (Å²) in [5.74, 6) is 0.0456. The number of aromatic nitrogens is 2. The van der Waals surface area contributed by atoms with Crippen molar-refractivity contribution in [2.75, 3.05) is 6.54 Å². The highest BCUT2D eigenvalue weighted by molar-refractivity contribution is 5.75. The normalized spacial score (nSPS) is 10.9. The number of hydrogen-bond acceptors (Lipinski definition) is 3. The van der Waals surface area contributed by atoms with Gasteiger partial charge in [0, 0.05) is 25.3 Å². The third-order valence-corrected chi connectivity index (χ3v) is 2.56.